The maximum atomic E-state index is 11.2. The van der Waals surface area contributed by atoms with Crippen LogP contribution in [0.1, 0.15) is 11.1 Å². The highest BCUT2D eigenvalue weighted by Crippen LogP contribution is 2.25. The molecule has 1 heterocycles. The standard InChI is InChI=1S/C11H8Cl2O2/c1-6-2-8-7(5-12)3-11(14)15-10(8)4-9(6)13/h2-4H,5H2,1H3. The number of hydrogen-bond donors (Lipinski definition) is 0. The lowest BCUT2D eigenvalue weighted by atomic mass is 10.1. The van der Waals surface area contributed by atoms with Crippen LogP contribution in [-0.4, -0.2) is 0 Å². The zero-order chi connectivity index (χ0) is 11.0. The van der Waals surface area contributed by atoms with Crippen molar-refractivity contribution >= 4 is 34.2 Å². The molecule has 0 radical (unpaired) electrons. The maximum Gasteiger partial charge on any atom is 0.336 e. The van der Waals surface area contributed by atoms with Crippen molar-refractivity contribution < 1.29 is 4.42 Å². The third kappa shape index (κ3) is 1.87. The van der Waals surface area contributed by atoms with Crippen molar-refractivity contribution in [2.45, 2.75) is 12.8 Å². The molecule has 0 unspecified atom stereocenters. The third-order valence-corrected chi connectivity index (χ3v) is 2.95. The fraction of sp³-hybridized carbons (Fsp3) is 0.182. The molecule has 0 saturated heterocycles. The van der Waals surface area contributed by atoms with Crippen LogP contribution in [0.3, 0.4) is 0 Å². The Labute approximate surface area is 96.4 Å². The average molecular weight is 243 g/mol. The molecule has 0 spiro atoms. The molecule has 0 atom stereocenters. The molecule has 1 aromatic carbocycles. The number of halogens is 2. The fourth-order valence-corrected chi connectivity index (χ4v) is 1.84. The second-order valence-corrected chi connectivity index (χ2v) is 4.00. The molecule has 2 aromatic rings. The molecular formula is C11H8Cl2O2. The van der Waals surface area contributed by atoms with Crippen molar-refractivity contribution in [1.29, 1.82) is 0 Å². The minimum Gasteiger partial charge on any atom is -0.423 e. The molecule has 0 amide bonds. The van der Waals surface area contributed by atoms with Crippen LogP contribution in [0.4, 0.5) is 0 Å². The van der Waals surface area contributed by atoms with Crippen LogP contribution in [0.2, 0.25) is 5.02 Å². The molecule has 78 valence electrons. The van der Waals surface area contributed by atoms with Gasteiger partial charge >= 0.3 is 5.63 Å². The largest absolute Gasteiger partial charge is 0.423 e. The Morgan fingerprint density at radius 2 is 2.07 bits per heavy atom. The van der Waals surface area contributed by atoms with E-state index in [4.69, 9.17) is 27.6 Å². The summed E-state index contributed by atoms with van der Waals surface area (Å²) in [6.45, 7) is 1.89. The highest BCUT2D eigenvalue weighted by molar-refractivity contribution is 6.32. The SMILES string of the molecule is Cc1cc2c(CCl)cc(=O)oc2cc1Cl. The van der Waals surface area contributed by atoms with E-state index in [1.807, 2.05) is 13.0 Å². The Balaban J connectivity index is 2.90. The van der Waals surface area contributed by atoms with Crippen LogP contribution >= 0.6 is 23.2 Å². The van der Waals surface area contributed by atoms with Gasteiger partial charge in [0.2, 0.25) is 0 Å². The monoisotopic (exact) mass is 242 g/mol. The van der Waals surface area contributed by atoms with E-state index in [-0.39, 0.29) is 5.88 Å². The van der Waals surface area contributed by atoms with Crippen molar-refractivity contribution in [1.82, 2.24) is 0 Å². The lowest BCUT2D eigenvalue weighted by molar-refractivity contribution is 0.559. The second-order valence-electron chi connectivity index (χ2n) is 3.32. The van der Waals surface area contributed by atoms with Crippen molar-refractivity contribution in [3.63, 3.8) is 0 Å². The molecule has 0 aliphatic rings. The average Bonchev–Trinajstić information content (AvgIpc) is 2.19. The molecular weight excluding hydrogens is 235 g/mol. The van der Waals surface area contributed by atoms with Crippen LogP contribution in [0.15, 0.2) is 27.4 Å². The minimum atomic E-state index is -0.405. The summed E-state index contributed by atoms with van der Waals surface area (Å²) in [5, 5.41) is 1.42. The normalized spacial score (nSPS) is 10.9. The molecule has 0 fully saturated rings. The first-order valence-electron chi connectivity index (χ1n) is 4.40. The van der Waals surface area contributed by atoms with E-state index < -0.39 is 5.63 Å². The number of alkyl halides is 1. The van der Waals surface area contributed by atoms with E-state index in [1.165, 1.54) is 6.07 Å². The number of hydrogen-bond acceptors (Lipinski definition) is 2. The second kappa shape index (κ2) is 3.87. The first-order chi connectivity index (χ1) is 7.11. The smallest absolute Gasteiger partial charge is 0.336 e. The summed E-state index contributed by atoms with van der Waals surface area (Å²) in [4.78, 5) is 11.2. The van der Waals surface area contributed by atoms with Gasteiger partial charge in [-0.15, -0.1) is 11.6 Å². The van der Waals surface area contributed by atoms with E-state index in [0.29, 0.717) is 10.6 Å². The van der Waals surface area contributed by atoms with Gasteiger partial charge in [-0.25, -0.2) is 4.79 Å². The lowest BCUT2D eigenvalue weighted by Gasteiger charge is -2.04. The van der Waals surface area contributed by atoms with Crippen LogP contribution in [0.25, 0.3) is 11.0 Å². The molecule has 2 rings (SSSR count). The summed E-state index contributed by atoms with van der Waals surface area (Å²) in [6, 6.07) is 4.92. The van der Waals surface area contributed by atoms with Gasteiger partial charge < -0.3 is 4.42 Å². The van der Waals surface area contributed by atoms with Gasteiger partial charge in [-0.2, -0.15) is 0 Å². The molecule has 0 saturated carbocycles. The fourth-order valence-electron chi connectivity index (χ4n) is 1.47. The zero-order valence-corrected chi connectivity index (χ0v) is 9.52. The number of rotatable bonds is 1. The van der Waals surface area contributed by atoms with E-state index in [9.17, 15) is 4.79 Å². The van der Waals surface area contributed by atoms with Gasteiger partial charge in [0.25, 0.3) is 0 Å². The number of aryl methyl sites for hydroxylation is 1. The Bertz CT molecular complexity index is 573. The molecule has 4 heteroatoms. The maximum absolute atomic E-state index is 11.2. The zero-order valence-electron chi connectivity index (χ0n) is 8.01. The summed E-state index contributed by atoms with van der Waals surface area (Å²) in [5.41, 5.74) is 1.78. The Kier molecular flexibility index (Phi) is 2.72. The van der Waals surface area contributed by atoms with Gasteiger partial charge in [0.15, 0.2) is 0 Å². The van der Waals surface area contributed by atoms with E-state index in [2.05, 4.69) is 0 Å². The highest BCUT2D eigenvalue weighted by atomic mass is 35.5. The Morgan fingerprint density at radius 1 is 1.33 bits per heavy atom. The van der Waals surface area contributed by atoms with E-state index in [1.54, 1.807) is 6.07 Å². The first-order valence-corrected chi connectivity index (χ1v) is 5.32. The van der Waals surface area contributed by atoms with Crippen LogP contribution in [-0.2, 0) is 5.88 Å². The summed E-state index contributed by atoms with van der Waals surface area (Å²) < 4.78 is 5.04. The molecule has 0 aliphatic carbocycles. The van der Waals surface area contributed by atoms with Gasteiger partial charge in [0.1, 0.15) is 5.58 Å². The molecule has 2 nitrogen and oxygen atoms in total. The highest BCUT2D eigenvalue weighted by Gasteiger charge is 2.07. The van der Waals surface area contributed by atoms with Gasteiger partial charge in [-0.05, 0) is 24.1 Å². The summed E-state index contributed by atoms with van der Waals surface area (Å²) in [7, 11) is 0. The van der Waals surface area contributed by atoms with Gasteiger partial charge in [-0.3, -0.25) is 0 Å². The first kappa shape index (κ1) is 10.5. The van der Waals surface area contributed by atoms with Crippen LogP contribution in [0, 0.1) is 6.92 Å². The summed E-state index contributed by atoms with van der Waals surface area (Å²) >= 11 is 11.7. The quantitative estimate of drug-likeness (QED) is 0.566. The molecule has 0 bridgehead atoms. The Hall–Kier alpha value is -0.990. The van der Waals surface area contributed by atoms with Gasteiger partial charge in [0, 0.05) is 28.4 Å². The van der Waals surface area contributed by atoms with E-state index >= 15 is 0 Å². The van der Waals surface area contributed by atoms with Crippen LogP contribution in [0.5, 0.6) is 0 Å². The minimum absolute atomic E-state index is 0.281. The summed E-state index contributed by atoms with van der Waals surface area (Å²) in [5.74, 6) is 0.281. The third-order valence-electron chi connectivity index (χ3n) is 2.25. The molecule has 0 aliphatic heterocycles. The van der Waals surface area contributed by atoms with Crippen molar-refractivity contribution in [2.75, 3.05) is 0 Å². The molecule has 1 aromatic heterocycles. The van der Waals surface area contributed by atoms with Gasteiger partial charge in [0.05, 0.1) is 0 Å². The lowest BCUT2D eigenvalue weighted by Crippen LogP contribution is -1.99. The predicted molar refractivity (Wildman–Crippen MR) is 61.8 cm³/mol. The van der Waals surface area contributed by atoms with Crippen molar-refractivity contribution in [2.24, 2.45) is 0 Å². The number of benzene rings is 1. The van der Waals surface area contributed by atoms with Crippen molar-refractivity contribution in [3.8, 4) is 0 Å². The topological polar surface area (TPSA) is 30.2 Å². The molecule has 15 heavy (non-hydrogen) atoms. The summed E-state index contributed by atoms with van der Waals surface area (Å²) in [6.07, 6.45) is 0. The number of fused-ring (bicyclic) bond motifs is 1. The van der Waals surface area contributed by atoms with Crippen molar-refractivity contribution in [3.05, 3.63) is 44.8 Å². The predicted octanol–water partition coefficient (Wildman–Crippen LogP) is 3.49. The van der Waals surface area contributed by atoms with Crippen LogP contribution < -0.4 is 5.63 Å². The van der Waals surface area contributed by atoms with Gasteiger partial charge in [-0.1, -0.05) is 11.6 Å². The Morgan fingerprint density at radius 3 is 2.73 bits per heavy atom. The van der Waals surface area contributed by atoms with E-state index in [0.717, 1.165) is 16.5 Å². The molecule has 0 N–H and O–H groups in total.